The summed E-state index contributed by atoms with van der Waals surface area (Å²) in [7, 11) is 0. The minimum absolute atomic E-state index is 0.291. The van der Waals surface area contributed by atoms with Crippen molar-refractivity contribution in [1.29, 1.82) is 0 Å². The number of amides is 1. The van der Waals surface area contributed by atoms with Crippen LogP contribution in [-0.4, -0.2) is 25.5 Å². The molecule has 100 valence electrons. The molecule has 0 aliphatic heterocycles. The van der Waals surface area contributed by atoms with Crippen LogP contribution in [0.2, 0.25) is 0 Å². The van der Waals surface area contributed by atoms with Crippen molar-refractivity contribution in [2.24, 2.45) is 5.73 Å². The molecule has 0 fully saturated rings. The second kappa shape index (κ2) is 6.20. The Morgan fingerprint density at radius 1 is 1.33 bits per heavy atom. The monoisotopic (exact) mass is 267 g/mol. The molecule has 2 rings (SSSR count). The first kappa shape index (κ1) is 13.4. The molecular weight excluding hydrogens is 246 g/mol. The first-order valence-electron chi connectivity index (χ1n) is 6.63. The van der Waals surface area contributed by atoms with Crippen molar-refractivity contribution in [3.05, 3.63) is 16.0 Å². The third-order valence-corrected chi connectivity index (χ3v) is 4.50. The third-order valence-electron chi connectivity index (χ3n) is 3.26. The Labute approximate surface area is 112 Å². The van der Waals surface area contributed by atoms with Gasteiger partial charge >= 0.3 is 0 Å². The van der Waals surface area contributed by atoms with Gasteiger partial charge < -0.3 is 16.4 Å². The molecular formula is C13H21N3OS. The number of thiophene rings is 1. The summed E-state index contributed by atoms with van der Waals surface area (Å²) in [5, 5.41) is 7.56. The second-order valence-electron chi connectivity index (χ2n) is 4.56. The number of primary amides is 1. The van der Waals surface area contributed by atoms with Crippen LogP contribution in [0.5, 0.6) is 0 Å². The number of hydrogen-bond acceptors (Lipinski definition) is 4. The van der Waals surface area contributed by atoms with E-state index in [1.165, 1.54) is 23.3 Å². The number of rotatable bonds is 6. The van der Waals surface area contributed by atoms with Crippen molar-refractivity contribution >= 4 is 22.2 Å². The Balaban J connectivity index is 2.13. The maximum atomic E-state index is 11.6. The molecule has 0 saturated carbocycles. The lowest BCUT2D eigenvalue weighted by Gasteiger charge is -2.11. The highest BCUT2D eigenvalue weighted by Crippen LogP contribution is 2.37. The lowest BCUT2D eigenvalue weighted by Crippen LogP contribution is -2.22. The Bertz CT molecular complexity index is 428. The Kier molecular flexibility index (Phi) is 4.60. The highest BCUT2D eigenvalue weighted by Gasteiger charge is 2.23. The number of likely N-dealkylation sites (N-methyl/N-ethyl adjacent to an activating group) is 1. The van der Waals surface area contributed by atoms with Crippen LogP contribution < -0.4 is 16.4 Å². The van der Waals surface area contributed by atoms with Crippen molar-refractivity contribution in [1.82, 2.24) is 5.32 Å². The number of hydrogen-bond donors (Lipinski definition) is 3. The Hall–Kier alpha value is -1.07. The first-order valence-corrected chi connectivity index (χ1v) is 7.44. The van der Waals surface area contributed by atoms with Gasteiger partial charge in [-0.05, 0) is 37.8 Å². The smallest absolute Gasteiger partial charge is 0.251 e. The van der Waals surface area contributed by atoms with E-state index in [9.17, 15) is 4.79 Å². The van der Waals surface area contributed by atoms with Gasteiger partial charge in [0.25, 0.3) is 5.91 Å². The molecule has 4 N–H and O–H groups in total. The third kappa shape index (κ3) is 2.84. The molecule has 18 heavy (non-hydrogen) atoms. The fourth-order valence-electron chi connectivity index (χ4n) is 2.39. The van der Waals surface area contributed by atoms with Gasteiger partial charge in [0.15, 0.2) is 0 Å². The van der Waals surface area contributed by atoms with Gasteiger partial charge in [-0.3, -0.25) is 4.79 Å². The van der Waals surface area contributed by atoms with E-state index in [1.54, 1.807) is 11.3 Å². The summed E-state index contributed by atoms with van der Waals surface area (Å²) in [5.74, 6) is -0.291. The number of nitrogens with two attached hydrogens (primary N) is 1. The zero-order valence-electron chi connectivity index (χ0n) is 10.8. The fourth-order valence-corrected chi connectivity index (χ4v) is 3.71. The summed E-state index contributed by atoms with van der Waals surface area (Å²) < 4.78 is 0. The van der Waals surface area contributed by atoms with Crippen LogP contribution in [-0.2, 0) is 12.8 Å². The normalized spacial score (nSPS) is 14.3. The molecule has 1 aliphatic carbocycles. The highest BCUT2D eigenvalue weighted by atomic mass is 32.1. The zero-order valence-corrected chi connectivity index (χ0v) is 11.7. The maximum absolute atomic E-state index is 11.6. The highest BCUT2D eigenvalue weighted by molar-refractivity contribution is 7.16. The van der Waals surface area contributed by atoms with Crippen molar-refractivity contribution in [3.8, 4) is 0 Å². The number of carbonyl (C=O) groups excluding carboxylic acids is 1. The molecule has 5 heteroatoms. The zero-order chi connectivity index (χ0) is 13.0. The minimum atomic E-state index is -0.291. The van der Waals surface area contributed by atoms with Crippen LogP contribution in [0.4, 0.5) is 5.00 Å². The predicted molar refractivity (Wildman–Crippen MR) is 76.5 cm³/mol. The Morgan fingerprint density at radius 3 is 2.83 bits per heavy atom. The fraction of sp³-hybridized carbons (Fsp3) is 0.615. The van der Waals surface area contributed by atoms with Gasteiger partial charge in [0.2, 0.25) is 0 Å². The van der Waals surface area contributed by atoms with E-state index in [1.807, 2.05) is 0 Å². The van der Waals surface area contributed by atoms with Gasteiger partial charge in [0.1, 0.15) is 5.00 Å². The van der Waals surface area contributed by atoms with E-state index in [2.05, 4.69) is 17.6 Å². The van der Waals surface area contributed by atoms with E-state index in [0.29, 0.717) is 0 Å². The molecule has 0 atom stereocenters. The van der Waals surface area contributed by atoms with E-state index in [4.69, 9.17) is 5.73 Å². The average molecular weight is 267 g/mol. The summed E-state index contributed by atoms with van der Waals surface area (Å²) in [6, 6.07) is 0. The van der Waals surface area contributed by atoms with Crippen LogP contribution in [0.25, 0.3) is 0 Å². The van der Waals surface area contributed by atoms with Crippen LogP contribution in [0.3, 0.4) is 0 Å². The lowest BCUT2D eigenvalue weighted by atomic mass is 9.95. The SMILES string of the molecule is CCNCCNc1sc2c(c1C(N)=O)CCCC2. The van der Waals surface area contributed by atoms with Crippen LogP contribution in [0.1, 0.15) is 40.6 Å². The summed E-state index contributed by atoms with van der Waals surface area (Å²) in [5.41, 5.74) is 7.47. The molecule has 1 amide bonds. The summed E-state index contributed by atoms with van der Waals surface area (Å²) in [6.45, 7) is 4.77. The standard InChI is InChI=1S/C13H21N3OS/c1-2-15-7-8-16-13-11(12(14)17)9-5-3-4-6-10(9)18-13/h15-16H,2-8H2,1H3,(H2,14,17). The lowest BCUT2D eigenvalue weighted by molar-refractivity contribution is 0.100. The van der Waals surface area contributed by atoms with Gasteiger partial charge in [-0.25, -0.2) is 0 Å². The largest absolute Gasteiger partial charge is 0.375 e. The van der Waals surface area contributed by atoms with Crippen molar-refractivity contribution in [2.45, 2.75) is 32.6 Å². The molecule has 1 aromatic heterocycles. The van der Waals surface area contributed by atoms with E-state index in [-0.39, 0.29) is 5.91 Å². The summed E-state index contributed by atoms with van der Waals surface area (Å²) in [4.78, 5) is 13.0. The number of fused-ring (bicyclic) bond motifs is 1. The van der Waals surface area contributed by atoms with Crippen molar-refractivity contribution in [2.75, 3.05) is 25.0 Å². The Morgan fingerprint density at radius 2 is 2.11 bits per heavy atom. The van der Waals surface area contributed by atoms with Crippen LogP contribution in [0.15, 0.2) is 0 Å². The number of anilines is 1. The van der Waals surface area contributed by atoms with E-state index < -0.39 is 0 Å². The predicted octanol–water partition coefficient (Wildman–Crippen LogP) is 1.75. The number of nitrogens with one attached hydrogen (secondary N) is 2. The molecule has 0 bridgehead atoms. The molecule has 0 aromatic carbocycles. The average Bonchev–Trinajstić information content (AvgIpc) is 2.73. The second-order valence-corrected chi connectivity index (χ2v) is 5.66. The van der Waals surface area contributed by atoms with Crippen LogP contribution >= 0.6 is 11.3 Å². The van der Waals surface area contributed by atoms with Gasteiger partial charge in [0, 0.05) is 18.0 Å². The molecule has 1 aromatic rings. The number of carbonyl (C=O) groups is 1. The van der Waals surface area contributed by atoms with Crippen molar-refractivity contribution < 1.29 is 4.79 Å². The topological polar surface area (TPSA) is 67.2 Å². The van der Waals surface area contributed by atoms with Gasteiger partial charge in [0.05, 0.1) is 5.56 Å². The van der Waals surface area contributed by atoms with Gasteiger partial charge in [-0.1, -0.05) is 6.92 Å². The van der Waals surface area contributed by atoms with Crippen LogP contribution in [0, 0.1) is 0 Å². The van der Waals surface area contributed by atoms with E-state index >= 15 is 0 Å². The molecule has 4 nitrogen and oxygen atoms in total. The number of aryl methyl sites for hydroxylation is 1. The molecule has 1 aliphatic rings. The van der Waals surface area contributed by atoms with Gasteiger partial charge in [-0.15, -0.1) is 11.3 Å². The molecule has 0 radical (unpaired) electrons. The minimum Gasteiger partial charge on any atom is -0.375 e. The van der Waals surface area contributed by atoms with Gasteiger partial charge in [-0.2, -0.15) is 0 Å². The summed E-state index contributed by atoms with van der Waals surface area (Å²) in [6.07, 6.45) is 4.48. The molecule has 0 spiro atoms. The first-order chi connectivity index (χ1) is 8.74. The maximum Gasteiger partial charge on any atom is 0.251 e. The van der Waals surface area contributed by atoms with Crippen molar-refractivity contribution in [3.63, 3.8) is 0 Å². The molecule has 1 heterocycles. The summed E-state index contributed by atoms with van der Waals surface area (Å²) >= 11 is 1.71. The molecule has 0 unspecified atom stereocenters. The quantitative estimate of drug-likeness (QED) is 0.688. The molecule has 0 saturated heterocycles. The van der Waals surface area contributed by atoms with E-state index in [0.717, 1.165) is 43.0 Å².